The van der Waals surface area contributed by atoms with Crippen LogP contribution in [0.2, 0.25) is 0 Å². The summed E-state index contributed by atoms with van der Waals surface area (Å²) < 4.78 is 31.6. The van der Waals surface area contributed by atoms with Gasteiger partial charge in [-0.25, -0.2) is 0 Å². The number of allylic oxidation sites excluding steroid dienone is 2. The van der Waals surface area contributed by atoms with Gasteiger partial charge in [0.1, 0.15) is 13.2 Å². The van der Waals surface area contributed by atoms with Crippen molar-refractivity contribution in [3.63, 3.8) is 0 Å². The Morgan fingerprint density at radius 3 is 1.32 bits per heavy atom. The third-order valence-electron chi connectivity index (χ3n) is 3.87. The number of ether oxygens (including phenoxy) is 6. The van der Waals surface area contributed by atoms with Crippen molar-refractivity contribution in [1.82, 2.24) is 0 Å². The smallest absolute Gasteiger partial charge is 0.111 e. The first-order valence-electron chi connectivity index (χ1n) is 9.50. The molecule has 0 radical (unpaired) electrons. The summed E-state index contributed by atoms with van der Waals surface area (Å²) in [5.41, 5.74) is 4.36. The Hall–Kier alpha value is -1.86. The molecule has 0 heterocycles. The minimum absolute atomic E-state index is 0.521. The summed E-state index contributed by atoms with van der Waals surface area (Å²) in [6.07, 6.45) is 3.54. The second-order valence-electron chi connectivity index (χ2n) is 6.13. The first kappa shape index (κ1) is 24.2. The van der Waals surface area contributed by atoms with Gasteiger partial charge in [0, 0.05) is 14.2 Å². The van der Waals surface area contributed by atoms with E-state index in [1.165, 1.54) is 0 Å². The zero-order valence-corrected chi connectivity index (χ0v) is 17.6. The molecule has 0 aliphatic rings. The lowest BCUT2D eigenvalue weighted by atomic mass is 10.0. The predicted octanol–water partition coefficient (Wildman–Crippen LogP) is 3.77. The number of methoxy groups -OCH3 is 2. The molecule has 0 unspecified atom stereocenters. The average molecular weight is 395 g/mol. The third kappa shape index (κ3) is 11.1. The molecule has 28 heavy (non-hydrogen) atoms. The van der Waals surface area contributed by atoms with Gasteiger partial charge in [0.05, 0.1) is 52.2 Å². The summed E-state index contributed by atoms with van der Waals surface area (Å²) in [5.74, 6) is 0. The van der Waals surface area contributed by atoms with Crippen LogP contribution in [0.4, 0.5) is 0 Å². The molecule has 0 saturated carbocycles. The molecule has 0 amide bonds. The molecule has 0 bridgehead atoms. The van der Waals surface area contributed by atoms with Crippen LogP contribution in [0.1, 0.15) is 25.0 Å². The van der Waals surface area contributed by atoms with Gasteiger partial charge in [-0.3, -0.25) is 0 Å². The highest BCUT2D eigenvalue weighted by atomic mass is 16.5. The normalized spacial score (nSPS) is 12.3. The summed E-state index contributed by atoms with van der Waals surface area (Å²) in [6.45, 7) is 8.56. The molecule has 1 aromatic rings. The van der Waals surface area contributed by atoms with E-state index < -0.39 is 0 Å². The summed E-state index contributed by atoms with van der Waals surface area (Å²) in [4.78, 5) is 0. The fourth-order valence-electron chi connectivity index (χ4n) is 2.20. The van der Waals surface area contributed by atoms with Crippen molar-refractivity contribution in [3.8, 4) is 0 Å². The molecule has 0 fully saturated rings. The van der Waals surface area contributed by atoms with Crippen molar-refractivity contribution in [2.24, 2.45) is 0 Å². The number of hydrogen-bond acceptors (Lipinski definition) is 6. The Morgan fingerprint density at radius 1 is 0.607 bits per heavy atom. The average Bonchev–Trinajstić information content (AvgIpc) is 2.72. The van der Waals surface area contributed by atoms with E-state index in [1.54, 1.807) is 26.7 Å². The maximum Gasteiger partial charge on any atom is 0.111 e. The Kier molecular flexibility index (Phi) is 13.9. The van der Waals surface area contributed by atoms with Crippen LogP contribution in [-0.2, 0) is 28.4 Å². The van der Waals surface area contributed by atoms with E-state index in [2.05, 4.69) is 24.3 Å². The van der Waals surface area contributed by atoms with Crippen molar-refractivity contribution in [2.75, 3.05) is 67.1 Å². The number of hydrogen-bond donors (Lipinski definition) is 0. The van der Waals surface area contributed by atoms with E-state index in [0.29, 0.717) is 52.9 Å². The summed E-state index contributed by atoms with van der Waals surface area (Å²) in [7, 11) is 3.31. The van der Waals surface area contributed by atoms with Crippen LogP contribution >= 0.6 is 0 Å². The molecule has 0 aliphatic heterocycles. The third-order valence-corrected chi connectivity index (χ3v) is 3.87. The van der Waals surface area contributed by atoms with E-state index >= 15 is 0 Å². The maximum atomic E-state index is 5.53. The van der Waals surface area contributed by atoms with Gasteiger partial charge in [-0.05, 0) is 36.1 Å². The largest absolute Gasteiger partial charge is 0.498 e. The van der Waals surface area contributed by atoms with Crippen LogP contribution in [0, 0.1) is 0 Å². The van der Waals surface area contributed by atoms with Gasteiger partial charge in [-0.2, -0.15) is 0 Å². The molecule has 1 aromatic carbocycles. The highest BCUT2D eigenvalue weighted by molar-refractivity contribution is 5.68. The van der Waals surface area contributed by atoms with E-state index in [-0.39, 0.29) is 0 Å². The van der Waals surface area contributed by atoms with Gasteiger partial charge in [-0.15, -0.1) is 0 Å². The van der Waals surface area contributed by atoms with Gasteiger partial charge in [0.2, 0.25) is 0 Å². The van der Waals surface area contributed by atoms with Gasteiger partial charge < -0.3 is 28.4 Å². The lowest BCUT2D eigenvalue weighted by Gasteiger charge is -2.08. The zero-order chi connectivity index (χ0) is 20.5. The summed E-state index contributed by atoms with van der Waals surface area (Å²) >= 11 is 0. The lowest BCUT2D eigenvalue weighted by molar-refractivity contribution is 0.0465. The van der Waals surface area contributed by atoms with Gasteiger partial charge in [0.25, 0.3) is 0 Å². The highest BCUT2D eigenvalue weighted by Crippen LogP contribution is 2.19. The number of rotatable bonds is 16. The van der Waals surface area contributed by atoms with Crippen molar-refractivity contribution in [3.05, 3.63) is 47.9 Å². The van der Waals surface area contributed by atoms with Crippen molar-refractivity contribution in [1.29, 1.82) is 0 Å². The molecule has 0 aromatic heterocycles. The summed E-state index contributed by atoms with van der Waals surface area (Å²) in [5, 5.41) is 0. The summed E-state index contributed by atoms with van der Waals surface area (Å²) in [6, 6.07) is 8.30. The van der Waals surface area contributed by atoms with Gasteiger partial charge >= 0.3 is 0 Å². The van der Waals surface area contributed by atoms with Crippen LogP contribution in [0.15, 0.2) is 36.8 Å². The van der Waals surface area contributed by atoms with Crippen LogP contribution in [0.5, 0.6) is 0 Å². The molecule has 158 valence electrons. The predicted molar refractivity (Wildman–Crippen MR) is 111 cm³/mol. The molecule has 0 spiro atoms. The topological polar surface area (TPSA) is 55.4 Å². The Balaban J connectivity index is 2.34. The molecule has 6 nitrogen and oxygen atoms in total. The van der Waals surface area contributed by atoms with E-state index in [9.17, 15) is 0 Å². The van der Waals surface area contributed by atoms with Crippen LogP contribution in [-0.4, -0.2) is 67.1 Å². The van der Waals surface area contributed by atoms with E-state index in [4.69, 9.17) is 28.4 Å². The molecule has 0 N–H and O–H groups in total. The Morgan fingerprint density at radius 2 is 0.964 bits per heavy atom. The molecule has 0 saturated heterocycles. The van der Waals surface area contributed by atoms with Crippen molar-refractivity contribution in [2.45, 2.75) is 13.8 Å². The first-order chi connectivity index (χ1) is 13.7. The molecular formula is C22H34O6. The fourth-order valence-corrected chi connectivity index (χ4v) is 2.20. The highest BCUT2D eigenvalue weighted by Gasteiger charge is 2.00. The Bertz CT molecular complexity index is 514. The van der Waals surface area contributed by atoms with E-state index in [1.807, 2.05) is 13.8 Å². The second-order valence-corrected chi connectivity index (χ2v) is 6.13. The van der Waals surface area contributed by atoms with Crippen LogP contribution in [0.3, 0.4) is 0 Å². The minimum atomic E-state index is 0.521. The maximum absolute atomic E-state index is 5.53. The van der Waals surface area contributed by atoms with Crippen LogP contribution in [0.25, 0.3) is 11.1 Å². The monoisotopic (exact) mass is 394 g/mol. The Labute approximate surface area is 169 Å². The SMILES string of the molecule is COCCOCCOC=C(C)c1ccc(/C(C)=C\OCCOCCOC)cc1. The lowest BCUT2D eigenvalue weighted by Crippen LogP contribution is -2.06. The van der Waals surface area contributed by atoms with Gasteiger partial charge in [-0.1, -0.05) is 24.3 Å². The minimum Gasteiger partial charge on any atom is -0.498 e. The molecular weight excluding hydrogens is 360 g/mol. The van der Waals surface area contributed by atoms with E-state index in [0.717, 1.165) is 22.3 Å². The quantitative estimate of drug-likeness (QED) is 0.314. The standard InChI is InChI=1S/C22H34O6/c1-19(17-27-15-13-25-11-9-23-3)21-5-7-22(8-6-21)20(2)18-28-16-14-26-12-10-24-4/h5-8,17-18H,9-16H2,1-4H3/b19-17-,20-18?. The van der Waals surface area contributed by atoms with Crippen molar-refractivity contribution < 1.29 is 28.4 Å². The van der Waals surface area contributed by atoms with Gasteiger partial charge in [0.15, 0.2) is 0 Å². The molecule has 0 aliphatic carbocycles. The fraction of sp³-hybridized carbons (Fsp3) is 0.545. The molecule has 1 rings (SSSR count). The second kappa shape index (κ2) is 16.1. The number of benzene rings is 1. The molecule has 0 atom stereocenters. The first-order valence-corrected chi connectivity index (χ1v) is 9.50. The van der Waals surface area contributed by atoms with Crippen LogP contribution < -0.4 is 0 Å². The van der Waals surface area contributed by atoms with Crippen molar-refractivity contribution >= 4 is 11.1 Å². The zero-order valence-electron chi connectivity index (χ0n) is 17.6. The molecule has 6 heteroatoms.